The molecule has 0 saturated carbocycles. The lowest BCUT2D eigenvalue weighted by Gasteiger charge is -2.12. The van der Waals surface area contributed by atoms with Crippen molar-refractivity contribution in [1.29, 1.82) is 10.5 Å². The van der Waals surface area contributed by atoms with Crippen LogP contribution in [0.3, 0.4) is 0 Å². The van der Waals surface area contributed by atoms with Crippen LogP contribution in [-0.4, -0.2) is 35.2 Å². The van der Waals surface area contributed by atoms with E-state index in [4.69, 9.17) is 20.3 Å². The van der Waals surface area contributed by atoms with Crippen LogP contribution in [0.25, 0.3) is 11.6 Å². The highest BCUT2D eigenvalue weighted by atomic mass is 79.9. The van der Waals surface area contributed by atoms with Crippen molar-refractivity contribution in [2.45, 2.75) is 13.5 Å². The number of hydrogen-bond acceptors (Lipinski definition) is 7. The molecule has 1 heterocycles. The number of rotatable bonds is 7. The third-order valence-electron chi connectivity index (χ3n) is 3.64. The van der Waals surface area contributed by atoms with Gasteiger partial charge in [-0.1, -0.05) is 0 Å². The van der Waals surface area contributed by atoms with E-state index < -0.39 is 0 Å². The summed E-state index contributed by atoms with van der Waals surface area (Å²) in [6.07, 6.45) is 1.58. The number of aliphatic hydroxyl groups excluding tert-OH is 1. The predicted molar refractivity (Wildman–Crippen MR) is 104 cm³/mol. The van der Waals surface area contributed by atoms with Crippen molar-refractivity contribution in [3.05, 3.63) is 33.4 Å². The van der Waals surface area contributed by atoms with Crippen LogP contribution in [0.2, 0.25) is 0 Å². The fourth-order valence-electron chi connectivity index (χ4n) is 2.47. The van der Waals surface area contributed by atoms with Crippen molar-refractivity contribution in [3.63, 3.8) is 0 Å². The van der Waals surface area contributed by atoms with E-state index in [2.05, 4.69) is 21.0 Å². The molecule has 9 heteroatoms. The molecule has 0 unspecified atom stereocenters. The van der Waals surface area contributed by atoms with E-state index in [1.165, 1.54) is 11.8 Å². The number of nitriles is 2. The van der Waals surface area contributed by atoms with E-state index in [0.717, 1.165) is 0 Å². The van der Waals surface area contributed by atoms with Gasteiger partial charge >= 0.3 is 0 Å². The quantitative estimate of drug-likeness (QED) is 0.643. The first-order valence-corrected chi connectivity index (χ1v) is 8.79. The molecular weight excluding hydrogens is 414 g/mol. The smallest absolute Gasteiger partial charge is 0.175 e. The molecule has 140 valence electrons. The van der Waals surface area contributed by atoms with Gasteiger partial charge in [0.05, 0.1) is 36.9 Å². The Morgan fingerprint density at radius 1 is 1.44 bits per heavy atom. The SMILES string of the molecule is CCOc1c(Br)cc(C=C(C#N)c2nn(CCO)c(N)c2C#N)cc1OC. The van der Waals surface area contributed by atoms with Gasteiger partial charge in [-0.3, -0.25) is 0 Å². The van der Waals surface area contributed by atoms with E-state index in [0.29, 0.717) is 28.1 Å². The minimum absolute atomic E-state index is 0.0909. The number of anilines is 1. The van der Waals surface area contributed by atoms with Gasteiger partial charge in [-0.2, -0.15) is 15.6 Å². The van der Waals surface area contributed by atoms with Gasteiger partial charge in [-0.05, 0) is 46.6 Å². The second-order valence-electron chi connectivity index (χ2n) is 5.30. The molecule has 1 aromatic carbocycles. The lowest BCUT2D eigenvalue weighted by molar-refractivity contribution is 0.270. The van der Waals surface area contributed by atoms with Gasteiger partial charge in [0.15, 0.2) is 11.5 Å². The Balaban J connectivity index is 2.58. The molecule has 8 nitrogen and oxygen atoms in total. The fourth-order valence-corrected chi connectivity index (χ4v) is 3.04. The first-order chi connectivity index (χ1) is 13.0. The summed E-state index contributed by atoms with van der Waals surface area (Å²) in [5.41, 5.74) is 6.96. The summed E-state index contributed by atoms with van der Waals surface area (Å²) in [6, 6.07) is 7.50. The Bertz CT molecular complexity index is 953. The average Bonchev–Trinajstić information content (AvgIpc) is 2.97. The summed E-state index contributed by atoms with van der Waals surface area (Å²) in [5, 5.41) is 32.3. The number of allylic oxidation sites excluding steroid dienone is 1. The summed E-state index contributed by atoms with van der Waals surface area (Å²) >= 11 is 3.44. The summed E-state index contributed by atoms with van der Waals surface area (Å²) in [4.78, 5) is 0. The monoisotopic (exact) mass is 431 g/mol. The van der Waals surface area contributed by atoms with Gasteiger partial charge in [-0.25, -0.2) is 4.68 Å². The third-order valence-corrected chi connectivity index (χ3v) is 4.23. The number of nitrogen functional groups attached to an aromatic ring is 1. The maximum Gasteiger partial charge on any atom is 0.175 e. The third kappa shape index (κ3) is 4.22. The number of benzene rings is 1. The normalized spacial score (nSPS) is 11.0. The van der Waals surface area contributed by atoms with Crippen LogP contribution >= 0.6 is 15.9 Å². The molecule has 1 aromatic heterocycles. The number of halogens is 1. The Kier molecular flexibility index (Phi) is 6.83. The van der Waals surface area contributed by atoms with Crippen molar-refractivity contribution >= 4 is 33.4 Å². The highest BCUT2D eigenvalue weighted by Gasteiger charge is 2.19. The van der Waals surface area contributed by atoms with Gasteiger partial charge in [0.2, 0.25) is 0 Å². The van der Waals surface area contributed by atoms with E-state index in [-0.39, 0.29) is 35.8 Å². The number of nitrogens with two attached hydrogens (primary N) is 1. The van der Waals surface area contributed by atoms with Crippen molar-refractivity contribution in [1.82, 2.24) is 9.78 Å². The van der Waals surface area contributed by atoms with Crippen LogP contribution in [0.4, 0.5) is 5.82 Å². The lowest BCUT2D eigenvalue weighted by atomic mass is 10.1. The molecule has 0 bridgehead atoms. The summed E-state index contributed by atoms with van der Waals surface area (Å²) in [6.45, 7) is 2.27. The van der Waals surface area contributed by atoms with Gasteiger partial charge in [0, 0.05) is 0 Å². The number of methoxy groups -OCH3 is 1. The van der Waals surface area contributed by atoms with E-state index >= 15 is 0 Å². The largest absolute Gasteiger partial charge is 0.493 e. The highest BCUT2D eigenvalue weighted by molar-refractivity contribution is 9.10. The second kappa shape index (κ2) is 9.08. The van der Waals surface area contributed by atoms with Crippen molar-refractivity contribution in [2.24, 2.45) is 0 Å². The minimum Gasteiger partial charge on any atom is -0.493 e. The number of aromatic nitrogens is 2. The number of aliphatic hydroxyl groups is 1. The first kappa shape index (κ1) is 20.3. The number of nitrogens with zero attached hydrogens (tertiary/aromatic N) is 4. The van der Waals surface area contributed by atoms with Gasteiger partial charge < -0.3 is 20.3 Å². The average molecular weight is 432 g/mol. The Labute approximate surface area is 165 Å². The summed E-state index contributed by atoms with van der Waals surface area (Å²) in [7, 11) is 1.52. The van der Waals surface area contributed by atoms with Gasteiger partial charge in [-0.15, -0.1) is 0 Å². The molecule has 0 aliphatic heterocycles. The molecule has 0 aliphatic carbocycles. The zero-order chi connectivity index (χ0) is 20.0. The lowest BCUT2D eigenvalue weighted by Crippen LogP contribution is -2.07. The zero-order valence-electron chi connectivity index (χ0n) is 14.9. The van der Waals surface area contributed by atoms with Gasteiger partial charge in [0.1, 0.15) is 29.2 Å². The van der Waals surface area contributed by atoms with Gasteiger partial charge in [0.25, 0.3) is 0 Å². The molecule has 0 spiro atoms. The highest BCUT2D eigenvalue weighted by Crippen LogP contribution is 2.37. The van der Waals surface area contributed by atoms with Crippen molar-refractivity contribution < 1.29 is 14.6 Å². The molecule has 0 radical (unpaired) electrons. The van der Waals surface area contributed by atoms with Crippen LogP contribution < -0.4 is 15.2 Å². The molecule has 3 N–H and O–H groups in total. The minimum atomic E-state index is -0.190. The van der Waals surface area contributed by atoms with E-state index in [1.54, 1.807) is 18.2 Å². The zero-order valence-corrected chi connectivity index (χ0v) is 16.4. The molecule has 27 heavy (non-hydrogen) atoms. The fraction of sp³-hybridized carbons (Fsp3) is 0.278. The van der Waals surface area contributed by atoms with Crippen LogP contribution in [0.1, 0.15) is 23.7 Å². The van der Waals surface area contributed by atoms with Crippen LogP contribution in [0.5, 0.6) is 11.5 Å². The molecule has 2 aromatic rings. The van der Waals surface area contributed by atoms with Crippen molar-refractivity contribution in [3.8, 4) is 23.6 Å². The first-order valence-electron chi connectivity index (χ1n) is 8.00. The molecular formula is C18H18BrN5O3. The standard InChI is InChI=1S/C18H18BrN5O3/c1-3-27-17-14(19)7-11(8-15(17)26-2)6-12(9-20)16-13(10-21)18(22)24(23-16)4-5-25/h6-8,25H,3-5,22H2,1-2H3. The molecule has 0 fully saturated rings. The topological polar surface area (TPSA) is 130 Å². The molecule has 2 rings (SSSR count). The Morgan fingerprint density at radius 3 is 2.74 bits per heavy atom. The van der Waals surface area contributed by atoms with E-state index in [9.17, 15) is 10.5 Å². The van der Waals surface area contributed by atoms with Crippen LogP contribution in [-0.2, 0) is 6.54 Å². The Morgan fingerprint density at radius 2 is 2.19 bits per heavy atom. The van der Waals surface area contributed by atoms with Crippen LogP contribution in [0, 0.1) is 22.7 Å². The predicted octanol–water partition coefficient (Wildman–Crippen LogP) is 2.56. The van der Waals surface area contributed by atoms with Crippen molar-refractivity contribution in [2.75, 3.05) is 26.1 Å². The maximum absolute atomic E-state index is 9.59. The summed E-state index contributed by atoms with van der Waals surface area (Å²) in [5.74, 6) is 1.17. The molecule has 0 aliphatic rings. The Hall–Kier alpha value is -3.01. The molecule has 0 atom stereocenters. The molecule has 0 amide bonds. The summed E-state index contributed by atoms with van der Waals surface area (Å²) < 4.78 is 12.9. The second-order valence-corrected chi connectivity index (χ2v) is 6.16. The van der Waals surface area contributed by atoms with Crippen LogP contribution in [0.15, 0.2) is 16.6 Å². The molecule has 0 saturated heterocycles. The number of ether oxygens (including phenoxy) is 2. The van der Waals surface area contributed by atoms with E-state index in [1.807, 2.05) is 19.1 Å². The maximum atomic E-state index is 9.59. The number of hydrogen-bond donors (Lipinski definition) is 2.